The fourth-order valence-electron chi connectivity index (χ4n) is 9.83. The smallest absolute Gasteiger partial charge is 0.138 e. The van der Waals surface area contributed by atoms with Crippen LogP contribution in [0.4, 0.5) is 0 Å². The van der Waals surface area contributed by atoms with Gasteiger partial charge < -0.3 is 5.11 Å². The molecule has 0 spiro atoms. The van der Waals surface area contributed by atoms with Crippen LogP contribution in [0.25, 0.3) is 0 Å². The summed E-state index contributed by atoms with van der Waals surface area (Å²) < 4.78 is 0. The lowest BCUT2D eigenvalue weighted by Gasteiger charge is -2.68. The second kappa shape index (κ2) is 7.82. The third-order valence-electron chi connectivity index (χ3n) is 11.7. The van der Waals surface area contributed by atoms with Crippen LogP contribution in [-0.4, -0.2) is 17.0 Å². The molecule has 0 heterocycles. The van der Waals surface area contributed by atoms with Gasteiger partial charge in [-0.05, 0) is 99.2 Å². The minimum atomic E-state index is -0.255. The standard InChI is InChI=1S/C30H48O2/c1-19(2)10-9-11-20(3)26-21-12-13-24-28(6)16-15-25(32)27(4,5)23(28)14-17-29(24,7)30(21,8)18-22(26)31/h10,21-24,26,31H,3,9,11-18H2,1-2,4-8H3/t21-,22-,23+,24-,26-,28+,29-,30-/m1/s1. The first-order valence-electron chi connectivity index (χ1n) is 13.3. The highest BCUT2D eigenvalue weighted by molar-refractivity contribution is 5.85. The first kappa shape index (κ1) is 24.2. The lowest BCUT2D eigenvalue weighted by atomic mass is 9.35. The largest absolute Gasteiger partial charge is 0.392 e. The fraction of sp³-hybridized carbons (Fsp3) is 0.833. The van der Waals surface area contributed by atoms with Crippen molar-refractivity contribution in [2.45, 2.75) is 112 Å². The SMILES string of the molecule is C=C(CCC=C(C)C)[C@H]1[C@H](O)C[C@]2(C)[C@@H]1CC[C@@H]1[C@@]3(C)CCC(=O)C(C)(C)[C@@H]3CC[C@]12C. The molecular formula is C30H48O2. The Bertz CT molecular complexity index is 817. The van der Waals surface area contributed by atoms with E-state index in [0.29, 0.717) is 23.5 Å². The van der Waals surface area contributed by atoms with E-state index in [2.05, 4.69) is 61.1 Å². The molecule has 0 saturated heterocycles. The Morgan fingerprint density at radius 1 is 1.03 bits per heavy atom. The predicted octanol–water partition coefficient (Wildman–Crippen LogP) is 7.51. The van der Waals surface area contributed by atoms with Crippen molar-refractivity contribution in [1.82, 2.24) is 0 Å². The lowest BCUT2D eigenvalue weighted by Crippen LogP contribution is -2.63. The molecule has 0 aromatic rings. The summed E-state index contributed by atoms with van der Waals surface area (Å²) in [5.74, 6) is 2.41. The van der Waals surface area contributed by atoms with Gasteiger partial charge in [-0.15, -0.1) is 0 Å². The molecule has 4 fully saturated rings. The molecule has 0 amide bonds. The van der Waals surface area contributed by atoms with Crippen LogP contribution in [0.5, 0.6) is 0 Å². The second-order valence-corrected chi connectivity index (χ2v) is 13.6. The summed E-state index contributed by atoms with van der Waals surface area (Å²) in [4.78, 5) is 12.8. The molecule has 4 rings (SSSR count). The van der Waals surface area contributed by atoms with Gasteiger partial charge in [0, 0.05) is 17.8 Å². The van der Waals surface area contributed by atoms with E-state index in [0.717, 1.165) is 38.5 Å². The van der Waals surface area contributed by atoms with E-state index in [1.54, 1.807) is 0 Å². The van der Waals surface area contributed by atoms with Crippen molar-refractivity contribution in [1.29, 1.82) is 0 Å². The highest BCUT2D eigenvalue weighted by Gasteiger charge is 2.69. The molecule has 0 aromatic heterocycles. The van der Waals surface area contributed by atoms with Crippen LogP contribution in [0.1, 0.15) is 106 Å². The van der Waals surface area contributed by atoms with Gasteiger partial charge in [0.15, 0.2) is 0 Å². The molecule has 4 aliphatic carbocycles. The normalized spacial score (nSPS) is 47.2. The molecule has 0 aliphatic heterocycles. The third kappa shape index (κ3) is 3.25. The number of fused-ring (bicyclic) bond motifs is 5. The average Bonchev–Trinajstić information content (AvgIpc) is 2.96. The number of ketones is 1. The maximum absolute atomic E-state index is 12.8. The Balaban J connectivity index is 1.63. The molecule has 0 bridgehead atoms. The first-order valence-corrected chi connectivity index (χ1v) is 13.3. The topological polar surface area (TPSA) is 37.3 Å². The minimum Gasteiger partial charge on any atom is -0.392 e. The summed E-state index contributed by atoms with van der Waals surface area (Å²) in [6.45, 7) is 20.9. The van der Waals surface area contributed by atoms with E-state index in [-0.39, 0.29) is 33.7 Å². The van der Waals surface area contributed by atoms with Crippen molar-refractivity contribution in [2.24, 2.45) is 45.3 Å². The lowest BCUT2D eigenvalue weighted by molar-refractivity contribution is -0.201. The summed E-state index contributed by atoms with van der Waals surface area (Å²) in [6.07, 6.45) is 11.6. The number of hydrogen-bond acceptors (Lipinski definition) is 2. The van der Waals surface area contributed by atoms with Gasteiger partial charge in [-0.1, -0.05) is 58.4 Å². The van der Waals surface area contributed by atoms with Crippen molar-refractivity contribution in [3.63, 3.8) is 0 Å². The Morgan fingerprint density at radius 3 is 2.38 bits per heavy atom. The quantitative estimate of drug-likeness (QED) is 0.459. The second-order valence-electron chi connectivity index (χ2n) is 13.6. The molecule has 32 heavy (non-hydrogen) atoms. The molecule has 2 heteroatoms. The number of carbonyl (C=O) groups excluding carboxylic acids is 1. The molecule has 180 valence electrons. The zero-order chi connectivity index (χ0) is 23.7. The number of aliphatic hydroxyl groups excluding tert-OH is 1. The van der Waals surface area contributed by atoms with Crippen molar-refractivity contribution >= 4 is 5.78 Å². The fourth-order valence-corrected chi connectivity index (χ4v) is 9.83. The van der Waals surface area contributed by atoms with Gasteiger partial charge in [-0.3, -0.25) is 4.79 Å². The van der Waals surface area contributed by atoms with Gasteiger partial charge in [-0.25, -0.2) is 0 Å². The molecule has 4 saturated carbocycles. The number of allylic oxidation sites excluding steroid dienone is 2. The number of rotatable bonds is 4. The van der Waals surface area contributed by atoms with Gasteiger partial charge in [-0.2, -0.15) is 0 Å². The first-order chi connectivity index (χ1) is 14.8. The van der Waals surface area contributed by atoms with Crippen molar-refractivity contribution in [2.75, 3.05) is 0 Å². The number of Topliss-reactive ketones (excluding diaryl/α,β-unsaturated/α-hetero) is 1. The van der Waals surface area contributed by atoms with Crippen LogP contribution in [-0.2, 0) is 4.79 Å². The van der Waals surface area contributed by atoms with Crippen molar-refractivity contribution in [3.8, 4) is 0 Å². The Hall–Kier alpha value is -0.890. The van der Waals surface area contributed by atoms with E-state index >= 15 is 0 Å². The summed E-state index contributed by atoms with van der Waals surface area (Å²) in [6, 6.07) is 0. The minimum absolute atomic E-state index is 0.152. The van der Waals surface area contributed by atoms with Crippen molar-refractivity contribution in [3.05, 3.63) is 23.8 Å². The molecular weight excluding hydrogens is 392 g/mol. The van der Waals surface area contributed by atoms with E-state index in [4.69, 9.17) is 0 Å². The zero-order valence-corrected chi connectivity index (χ0v) is 21.9. The van der Waals surface area contributed by atoms with Crippen LogP contribution in [0, 0.1) is 45.3 Å². The van der Waals surface area contributed by atoms with Gasteiger partial charge in [0.25, 0.3) is 0 Å². The molecule has 0 unspecified atom stereocenters. The molecule has 2 nitrogen and oxygen atoms in total. The van der Waals surface area contributed by atoms with Crippen LogP contribution in [0.2, 0.25) is 0 Å². The maximum atomic E-state index is 12.8. The van der Waals surface area contributed by atoms with E-state index in [1.807, 2.05) is 0 Å². The van der Waals surface area contributed by atoms with Crippen LogP contribution < -0.4 is 0 Å². The Morgan fingerprint density at radius 2 is 1.72 bits per heavy atom. The van der Waals surface area contributed by atoms with Crippen LogP contribution >= 0.6 is 0 Å². The number of aliphatic hydroxyl groups is 1. The van der Waals surface area contributed by atoms with E-state index in [9.17, 15) is 9.90 Å². The highest BCUT2D eigenvalue weighted by atomic mass is 16.3. The molecule has 0 radical (unpaired) electrons. The van der Waals surface area contributed by atoms with Gasteiger partial charge in [0.1, 0.15) is 5.78 Å². The third-order valence-corrected chi connectivity index (χ3v) is 11.7. The highest BCUT2D eigenvalue weighted by Crippen LogP contribution is 2.75. The van der Waals surface area contributed by atoms with Gasteiger partial charge in [0.05, 0.1) is 6.10 Å². The zero-order valence-electron chi connectivity index (χ0n) is 21.9. The predicted molar refractivity (Wildman–Crippen MR) is 133 cm³/mol. The average molecular weight is 441 g/mol. The van der Waals surface area contributed by atoms with Crippen LogP contribution in [0.15, 0.2) is 23.8 Å². The molecule has 1 N–H and O–H groups in total. The summed E-state index contributed by atoms with van der Waals surface area (Å²) in [5.41, 5.74) is 3.06. The van der Waals surface area contributed by atoms with Crippen LogP contribution in [0.3, 0.4) is 0 Å². The Kier molecular flexibility index (Phi) is 5.93. The molecule has 4 aliphatic rings. The number of carbonyl (C=O) groups is 1. The van der Waals surface area contributed by atoms with E-state index < -0.39 is 0 Å². The van der Waals surface area contributed by atoms with Crippen molar-refractivity contribution < 1.29 is 9.90 Å². The maximum Gasteiger partial charge on any atom is 0.138 e. The van der Waals surface area contributed by atoms with Gasteiger partial charge >= 0.3 is 0 Å². The molecule has 8 atom stereocenters. The summed E-state index contributed by atoms with van der Waals surface area (Å²) in [5, 5.41) is 11.4. The summed E-state index contributed by atoms with van der Waals surface area (Å²) >= 11 is 0. The van der Waals surface area contributed by atoms with E-state index in [1.165, 1.54) is 30.4 Å². The van der Waals surface area contributed by atoms with Gasteiger partial charge in [0.2, 0.25) is 0 Å². The monoisotopic (exact) mass is 440 g/mol. The Labute approximate surface area is 197 Å². The number of hydrogen-bond donors (Lipinski definition) is 1. The molecule has 0 aromatic carbocycles. The summed E-state index contributed by atoms with van der Waals surface area (Å²) in [7, 11) is 0.